The molecule has 0 aliphatic heterocycles. The van der Waals surface area contributed by atoms with Gasteiger partial charge in [-0.3, -0.25) is 9.36 Å². The highest BCUT2D eigenvalue weighted by molar-refractivity contribution is 7.71. The zero-order chi connectivity index (χ0) is 18.9. The SMILES string of the molecule is O=C(NCCCOCCc1ccccc1)c1c[nH]c(=S)n1-c1ccccc1. The lowest BCUT2D eigenvalue weighted by molar-refractivity contribution is 0.0935. The van der Waals surface area contributed by atoms with E-state index in [0.717, 1.165) is 18.5 Å². The van der Waals surface area contributed by atoms with Gasteiger partial charge in [-0.2, -0.15) is 0 Å². The van der Waals surface area contributed by atoms with Crippen molar-refractivity contribution in [2.24, 2.45) is 0 Å². The molecule has 140 valence electrons. The summed E-state index contributed by atoms with van der Waals surface area (Å²) >= 11 is 5.31. The molecule has 1 heterocycles. The van der Waals surface area contributed by atoms with Crippen LogP contribution in [-0.2, 0) is 11.2 Å². The predicted octanol–water partition coefficient (Wildman–Crippen LogP) is 3.91. The highest BCUT2D eigenvalue weighted by Crippen LogP contribution is 2.12. The number of carbonyl (C=O) groups is 1. The standard InChI is InChI=1S/C21H23N3O2S/c25-20(19-16-23-21(27)24(19)18-10-5-2-6-11-18)22-13-7-14-26-15-12-17-8-3-1-4-9-17/h1-6,8-11,16H,7,12-15H2,(H,22,25)(H,23,27). The summed E-state index contributed by atoms with van der Waals surface area (Å²) in [6.45, 7) is 1.85. The van der Waals surface area contributed by atoms with Crippen LogP contribution >= 0.6 is 12.2 Å². The Balaban J connectivity index is 1.42. The quantitative estimate of drug-likeness (QED) is 0.436. The molecule has 0 radical (unpaired) electrons. The van der Waals surface area contributed by atoms with Crippen LogP contribution in [0.25, 0.3) is 5.69 Å². The molecule has 3 rings (SSSR count). The Morgan fingerprint density at radius 1 is 1.04 bits per heavy atom. The fourth-order valence-corrected chi connectivity index (χ4v) is 3.04. The van der Waals surface area contributed by atoms with E-state index in [9.17, 15) is 4.79 Å². The number of benzene rings is 2. The van der Waals surface area contributed by atoms with E-state index in [4.69, 9.17) is 17.0 Å². The van der Waals surface area contributed by atoms with Crippen molar-refractivity contribution in [1.82, 2.24) is 14.9 Å². The van der Waals surface area contributed by atoms with Crippen molar-refractivity contribution in [2.45, 2.75) is 12.8 Å². The first-order chi connectivity index (χ1) is 13.3. The average Bonchev–Trinajstić information content (AvgIpc) is 3.10. The second-order valence-corrected chi connectivity index (χ2v) is 6.49. The van der Waals surface area contributed by atoms with Crippen LogP contribution < -0.4 is 5.32 Å². The lowest BCUT2D eigenvalue weighted by atomic mass is 10.2. The first-order valence-corrected chi connectivity index (χ1v) is 9.42. The van der Waals surface area contributed by atoms with Gasteiger partial charge in [0.1, 0.15) is 5.69 Å². The van der Waals surface area contributed by atoms with E-state index in [-0.39, 0.29) is 5.91 Å². The molecule has 1 amide bonds. The fraction of sp³-hybridized carbons (Fsp3) is 0.238. The summed E-state index contributed by atoms with van der Waals surface area (Å²) in [6.07, 6.45) is 3.30. The normalized spacial score (nSPS) is 10.7. The third kappa shape index (κ3) is 5.39. The largest absolute Gasteiger partial charge is 0.381 e. The first kappa shape index (κ1) is 19.1. The zero-order valence-corrected chi connectivity index (χ0v) is 15.9. The van der Waals surface area contributed by atoms with E-state index < -0.39 is 0 Å². The van der Waals surface area contributed by atoms with Crippen LogP contribution in [0.2, 0.25) is 0 Å². The summed E-state index contributed by atoms with van der Waals surface area (Å²) in [5.41, 5.74) is 2.62. The summed E-state index contributed by atoms with van der Waals surface area (Å²) in [4.78, 5) is 15.4. The topological polar surface area (TPSA) is 59.0 Å². The summed E-state index contributed by atoms with van der Waals surface area (Å²) < 4.78 is 7.88. The van der Waals surface area contributed by atoms with Gasteiger partial charge in [0.2, 0.25) is 0 Å². The summed E-state index contributed by atoms with van der Waals surface area (Å²) in [5, 5.41) is 2.92. The molecule has 2 N–H and O–H groups in total. The highest BCUT2D eigenvalue weighted by Gasteiger charge is 2.13. The molecule has 0 saturated carbocycles. The second kappa shape index (κ2) is 9.85. The number of aromatic nitrogens is 2. The van der Waals surface area contributed by atoms with E-state index in [1.54, 1.807) is 10.8 Å². The minimum Gasteiger partial charge on any atom is -0.381 e. The molecule has 0 saturated heterocycles. The van der Waals surface area contributed by atoms with Crippen molar-refractivity contribution in [2.75, 3.05) is 19.8 Å². The smallest absolute Gasteiger partial charge is 0.269 e. The van der Waals surface area contributed by atoms with Gasteiger partial charge in [0.05, 0.1) is 6.61 Å². The van der Waals surface area contributed by atoms with E-state index in [1.807, 2.05) is 48.5 Å². The molecule has 0 bridgehead atoms. The molecule has 2 aromatic carbocycles. The molecule has 0 aliphatic carbocycles. The van der Waals surface area contributed by atoms with Gasteiger partial charge in [0, 0.05) is 25.0 Å². The van der Waals surface area contributed by atoms with Gasteiger partial charge < -0.3 is 15.0 Å². The Morgan fingerprint density at radius 3 is 2.48 bits per heavy atom. The number of para-hydroxylation sites is 1. The molecule has 27 heavy (non-hydrogen) atoms. The van der Waals surface area contributed by atoms with E-state index >= 15 is 0 Å². The number of hydrogen-bond acceptors (Lipinski definition) is 3. The number of ether oxygens (including phenoxy) is 1. The number of aromatic amines is 1. The third-order valence-electron chi connectivity index (χ3n) is 4.15. The Kier molecular flexibility index (Phi) is 6.96. The number of nitrogens with one attached hydrogen (secondary N) is 2. The molecule has 3 aromatic rings. The summed E-state index contributed by atoms with van der Waals surface area (Å²) in [6, 6.07) is 19.8. The highest BCUT2D eigenvalue weighted by atomic mass is 32.1. The minimum atomic E-state index is -0.157. The molecule has 6 heteroatoms. The molecule has 0 fully saturated rings. The minimum absolute atomic E-state index is 0.157. The number of carbonyl (C=O) groups excluding carboxylic acids is 1. The van der Waals surface area contributed by atoms with Crippen molar-refractivity contribution in [1.29, 1.82) is 0 Å². The van der Waals surface area contributed by atoms with Gasteiger partial charge in [-0.05, 0) is 42.8 Å². The maximum Gasteiger partial charge on any atom is 0.269 e. The van der Waals surface area contributed by atoms with E-state index in [1.165, 1.54) is 5.56 Å². The maximum absolute atomic E-state index is 12.5. The lowest BCUT2D eigenvalue weighted by Crippen LogP contribution is -2.27. The van der Waals surface area contributed by atoms with Gasteiger partial charge in [-0.25, -0.2) is 0 Å². The Morgan fingerprint density at radius 2 is 1.74 bits per heavy atom. The number of imidazole rings is 1. The molecular weight excluding hydrogens is 358 g/mol. The molecule has 0 aliphatic rings. The van der Waals surface area contributed by atoms with Crippen LogP contribution in [0.4, 0.5) is 0 Å². The number of rotatable bonds is 9. The molecule has 5 nitrogen and oxygen atoms in total. The van der Waals surface area contributed by atoms with Crippen LogP contribution in [0.3, 0.4) is 0 Å². The molecule has 0 spiro atoms. The van der Waals surface area contributed by atoms with Crippen LogP contribution in [0.5, 0.6) is 0 Å². The Labute approximate surface area is 164 Å². The Bertz CT molecular complexity index is 904. The summed E-state index contributed by atoms with van der Waals surface area (Å²) in [7, 11) is 0. The van der Waals surface area contributed by atoms with Gasteiger partial charge in [0.15, 0.2) is 4.77 Å². The Hall–Kier alpha value is -2.70. The van der Waals surface area contributed by atoms with Crippen LogP contribution in [0.1, 0.15) is 22.5 Å². The van der Waals surface area contributed by atoms with Crippen molar-refractivity contribution < 1.29 is 9.53 Å². The van der Waals surface area contributed by atoms with Crippen molar-refractivity contribution in [3.05, 3.63) is 82.9 Å². The molecule has 0 unspecified atom stereocenters. The monoisotopic (exact) mass is 381 g/mol. The zero-order valence-electron chi connectivity index (χ0n) is 15.1. The first-order valence-electron chi connectivity index (χ1n) is 9.01. The molecule has 0 atom stereocenters. The third-order valence-corrected chi connectivity index (χ3v) is 4.45. The molecule has 1 aromatic heterocycles. The van der Waals surface area contributed by atoms with Gasteiger partial charge in [0.25, 0.3) is 5.91 Å². The van der Waals surface area contributed by atoms with Crippen molar-refractivity contribution >= 4 is 18.1 Å². The average molecular weight is 382 g/mol. The maximum atomic E-state index is 12.5. The number of hydrogen-bond donors (Lipinski definition) is 2. The fourth-order valence-electron chi connectivity index (χ4n) is 2.77. The van der Waals surface area contributed by atoms with Gasteiger partial charge in [-0.1, -0.05) is 48.5 Å². The summed E-state index contributed by atoms with van der Waals surface area (Å²) in [5.74, 6) is -0.157. The second-order valence-electron chi connectivity index (χ2n) is 6.11. The van der Waals surface area contributed by atoms with Crippen LogP contribution in [-0.4, -0.2) is 35.2 Å². The lowest BCUT2D eigenvalue weighted by Gasteiger charge is -2.09. The predicted molar refractivity (Wildman–Crippen MR) is 109 cm³/mol. The van der Waals surface area contributed by atoms with Crippen molar-refractivity contribution in [3.63, 3.8) is 0 Å². The molecular formula is C21H23N3O2S. The number of amides is 1. The van der Waals surface area contributed by atoms with E-state index in [0.29, 0.717) is 30.2 Å². The van der Waals surface area contributed by atoms with Crippen LogP contribution in [0, 0.1) is 4.77 Å². The van der Waals surface area contributed by atoms with Crippen LogP contribution in [0.15, 0.2) is 66.9 Å². The van der Waals surface area contributed by atoms with Gasteiger partial charge in [-0.15, -0.1) is 0 Å². The number of nitrogens with zero attached hydrogens (tertiary/aromatic N) is 1. The number of H-pyrrole nitrogens is 1. The van der Waals surface area contributed by atoms with Crippen molar-refractivity contribution in [3.8, 4) is 5.69 Å². The van der Waals surface area contributed by atoms with E-state index in [2.05, 4.69) is 22.4 Å². The van der Waals surface area contributed by atoms with Gasteiger partial charge >= 0.3 is 0 Å².